The van der Waals surface area contributed by atoms with Gasteiger partial charge in [0.25, 0.3) is 0 Å². The highest BCUT2D eigenvalue weighted by Crippen LogP contribution is 2.23. The van der Waals surface area contributed by atoms with Crippen LogP contribution in [-0.4, -0.2) is 22.6 Å². The second-order valence-corrected chi connectivity index (χ2v) is 8.41. The zero-order valence-corrected chi connectivity index (χ0v) is 17.4. The predicted molar refractivity (Wildman–Crippen MR) is 115 cm³/mol. The number of amides is 2. The molecule has 0 spiro atoms. The summed E-state index contributed by atoms with van der Waals surface area (Å²) in [6.07, 6.45) is 0.190. The highest BCUT2D eigenvalue weighted by molar-refractivity contribution is 8.01. The maximum Gasteiger partial charge on any atom is 0.234 e. The highest BCUT2D eigenvalue weighted by Gasteiger charge is 2.13. The fraction of sp³-hybridized carbons (Fsp3) is 0.190. The van der Waals surface area contributed by atoms with Gasteiger partial charge >= 0.3 is 0 Å². The molecule has 5 nitrogen and oxygen atoms in total. The first kappa shape index (κ1) is 21.0. The number of thioether (sulfide) groups is 1. The fourth-order valence-electron chi connectivity index (χ4n) is 2.58. The molecule has 1 aromatic heterocycles. The molecular weight excluding hydrogens is 409 g/mol. The number of nitrogens with zero attached hydrogens (tertiary/aromatic N) is 1. The van der Waals surface area contributed by atoms with E-state index in [2.05, 4.69) is 15.6 Å². The van der Waals surface area contributed by atoms with Crippen LogP contribution in [0.3, 0.4) is 0 Å². The monoisotopic (exact) mass is 429 g/mol. The third-order valence-electron chi connectivity index (χ3n) is 4.00. The van der Waals surface area contributed by atoms with Crippen LogP contribution in [0.25, 0.3) is 0 Å². The Bertz CT molecular complexity index is 962. The lowest BCUT2D eigenvalue weighted by atomic mass is 10.1. The predicted octanol–water partition coefficient (Wildman–Crippen LogP) is 4.43. The molecule has 0 unspecified atom stereocenters. The summed E-state index contributed by atoms with van der Waals surface area (Å²) in [6.45, 7) is 1.94. The summed E-state index contributed by atoms with van der Waals surface area (Å²) in [7, 11) is 0. The molecule has 29 heavy (non-hydrogen) atoms. The zero-order chi connectivity index (χ0) is 20.6. The Morgan fingerprint density at radius 2 is 1.83 bits per heavy atom. The number of aromatic nitrogens is 1. The number of hydrogen-bond acceptors (Lipinski definition) is 5. The second kappa shape index (κ2) is 10.2. The smallest absolute Gasteiger partial charge is 0.234 e. The van der Waals surface area contributed by atoms with Crippen molar-refractivity contribution < 1.29 is 14.0 Å². The topological polar surface area (TPSA) is 71.1 Å². The Balaban J connectivity index is 1.44. The Morgan fingerprint density at radius 1 is 1.10 bits per heavy atom. The van der Waals surface area contributed by atoms with Gasteiger partial charge < -0.3 is 10.6 Å². The maximum atomic E-state index is 12.9. The molecule has 1 heterocycles. The van der Waals surface area contributed by atoms with E-state index in [0.29, 0.717) is 11.4 Å². The SMILES string of the molecule is C[C@@H](NC(=O)Cc1csc(SCC(=O)Nc2ccc(F)cc2)n1)c1ccccc1. The minimum Gasteiger partial charge on any atom is -0.349 e. The maximum absolute atomic E-state index is 12.9. The molecule has 2 aromatic carbocycles. The van der Waals surface area contributed by atoms with Gasteiger partial charge in [-0.2, -0.15) is 0 Å². The molecule has 3 rings (SSSR count). The molecule has 0 saturated heterocycles. The van der Waals surface area contributed by atoms with E-state index in [0.717, 1.165) is 9.90 Å². The Kier molecular flexibility index (Phi) is 7.37. The van der Waals surface area contributed by atoms with Crippen molar-refractivity contribution in [3.05, 3.63) is 77.1 Å². The van der Waals surface area contributed by atoms with Crippen molar-refractivity contribution in [1.82, 2.24) is 10.3 Å². The van der Waals surface area contributed by atoms with E-state index < -0.39 is 0 Å². The average molecular weight is 430 g/mol. The van der Waals surface area contributed by atoms with Crippen LogP contribution < -0.4 is 10.6 Å². The molecule has 150 valence electrons. The lowest BCUT2D eigenvalue weighted by molar-refractivity contribution is -0.121. The number of halogens is 1. The van der Waals surface area contributed by atoms with E-state index in [1.54, 1.807) is 0 Å². The molecule has 0 aliphatic carbocycles. The summed E-state index contributed by atoms with van der Waals surface area (Å²) < 4.78 is 13.6. The van der Waals surface area contributed by atoms with Crippen molar-refractivity contribution in [1.29, 1.82) is 0 Å². The van der Waals surface area contributed by atoms with Gasteiger partial charge in [0.2, 0.25) is 11.8 Å². The number of hydrogen-bond donors (Lipinski definition) is 2. The van der Waals surface area contributed by atoms with Crippen molar-refractivity contribution in [2.24, 2.45) is 0 Å². The summed E-state index contributed by atoms with van der Waals surface area (Å²) in [5.74, 6) is -0.471. The molecule has 0 bridgehead atoms. The van der Waals surface area contributed by atoms with Crippen LogP contribution in [0.1, 0.15) is 24.2 Å². The number of nitrogens with one attached hydrogen (secondary N) is 2. The van der Waals surface area contributed by atoms with Gasteiger partial charge in [0.15, 0.2) is 4.34 Å². The largest absolute Gasteiger partial charge is 0.349 e. The molecule has 0 aliphatic heterocycles. The van der Waals surface area contributed by atoms with E-state index in [1.807, 2.05) is 42.6 Å². The minimum absolute atomic E-state index is 0.0775. The first-order valence-corrected chi connectivity index (χ1v) is 10.8. The standard InChI is InChI=1S/C21H20FN3O2S2/c1-14(15-5-3-2-4-6-15)23-19(26)11-18-12-28-21(25-18)29-13-20(27)24-17-9-7-16(22)8-10-17/h2-10,12,14H,11,13H2,1H3,(H,23,26)(H,24,27)/t14-/m1/s1. The molecule has 0 fully saturated rings. The molecule has 1 atom stereocenters. The van der Waals surface area contributed by atoms with Gasteiger partial charge in [-0.3, -0.25) is 9.59 Å². The van der Waals surface area contributed by atoms with Crippen LogP contribution in [-0.2, 0) is 16.0 Å². The van der Waals surface area contributed by atoms with Crippen LogP contribution in [0.4, 0.5) is 10.1 Å². The van der Waals surface area contributed by atoms with E-state index in [1.165, 1.54) is 47.4 Å². The van der Waals surface area contributed by atoms with Gasteiger partial charge in [-0.25, -0.2) is 9.37 Å². The fourth-order valence-corrected chi connectivity index (χ4v) is 4.22. The molecule has 2 N–H and O–H groups in total. The van der Waals surface area contributed by atoms with Crippen molar-refractivity contribution in [3.63, 3.8) is 0 Å². The third kappa shape index (κ3) is 6.69. The molecule has 0 saturated carbocycles. The minimum atomic E-state index is -0.352. The molecule has 2 amide bonds. The van der Waals surface area contributed by atoms with Gasteiger partial charge in [0, 0.05) is 11.1 Å². The van der Waals surface area contributed by atoms with E-state index >= 15 is 0 Å². The third-order valence-corrected chi connectivity index (χ3v) is 6.07. The number of anilines is 1. The molecule has 8 heteroatoms. The van der Waals surface area contributed by atoms with Crippen LogP contribution in [0.2, 0.25) is 0 Å². The van der Waals surface area contributed by atoms with Crippen molar-refractivity contribution in [2.45, 2.75) is 23.7 Å². The second-order valence-electron chi connectivity index (χ2n) is 6.33. The molecule has 0 radical (unpaired) electrons. The highest BCUT2D eigenvalue weighted by atomic mass is 32.2. The Morgan fingerprint density at radius 3 is 2.55 bits per heavy atom. The lowest BCUT2D eigenvalue weighted by Crippen LogP contribution is -2.28. The molecule has 3 aromatic rings. The van der Waals surface area contributed by atoms with Crippen molar-refractivity contribution >= 4 is 40.6 Å². The summed E-state index contributed by atoms with van der Waals surface area (Å²) in [5.41, 5.74) is 2.26. The number of carbonyl (C=O) groups is 2. The number of thiazole rings is 1. The van der Waals surface area contributed by atoms with Gasteiger partial charge in [0.05, 0.1) is 23.9 Å². The van der Waals surface area contributed by atoms with Crippen molar-refractivity contribution in [2.75, 3.05) is 11.1 Å². The normalized spacial score (nSPS) is 11.7. The van der Waals surface area contributed by atoms with Gasteiger partial charge in [-0.05, 0) is 36.8 Å². The average Bonchev–Trinajstić information content (AvgIpc) is 3.16. The van der Waals surface area contributed by atoms with Gasteiger partial charge in [-0.1, -0.05) is 42.1 Å². The van der Waals surface area contributed by atoms with Gasteiger partial charge in [-0.15, -0.1) is 11.3 Å². The van der Waals surface area contributed by atoms with E-state index in [4.69, 9.17) is 0 Å². The Hall–Kier alpha value is -2.71. The quantitative estimate of drug-likeness (QED) is 0.520. The summed E-state index contributed by atoms with van der Waals surface area (Å²) in [6, 6.07) is 15.3. The summed E-state index contributed by atoms with van der Waals surface area (Å²) >= 11 is 2.70. The first-order valence-electron chi connectivity index (χ1n) is 8.96. The Labute approximate surface area is 176 Å². The number of carbonyl (C=O) groups excluding carboxylic acids is 2. The van der Waals surface area contributed by atoms with Crippen molar-refractivity contribution in [3.8, 4) is 0 Å². The van der Waals surface area contributed by atoms with Crippen LogP contribution >= 0.6 is 23.1 Å². The van der Waals surface area contributed by atoms with Gasteiger partial charge in [0.1, 0.15) is 5.82 Å². The number of rotatable bonds is 8. The summed E-state index contributed by atoms with van der Waals surface area (Å²) in [5, 5.41) is 7.49. The van der Waals surface area contributed by atoms with Crippen LogP contribution in [0.5, 0.6) is 0 Å². The van der Waals surface area contributed by atoms with Crippen LogP contribution in [0.15, 0.2) is 64.3 Å². The van der Waals surface area contributed by atoms with Crippen LogP contribution in [0, 0.1) is 5.82 Å². The first-order chi connectivity index (χ1) is 14.0. The number of benzene rings is 2. The molecule has 0 aliphatic rings. The van der Waals surface area contributed by atoms with E-state index in [-0.39, 0.29) is 35.8 Å². The zero-order valence-electron chi connectivity index (χ0n) is 15.7. The lowest BCUT2D eigenvalue weighted by Gasteiger charge is -2.13. The van der Waals surface area contributed by atoms with E-state index in [9.17, 15) is 14.0 Å². The summed E-state index contributed by atoms with van der Waals surface area (Å²) in [4.78, 5) is 28.7. The molecular formula is C21H20FN3O2S2.